The van der Waals surface area contributed by atoms with E-state index < -0.39 is 0 Å². The van der Waals surface area contributed by atoms with Crippen LogP contribution in [-0.4, -0.2) is 18.8 Å². The molecule has 1 saturated carbocycles. The fourth-order valence-electron chi connectivity index (χ4n) is 2.28. The fourth-order valence-corrected chi connectivity index (χ4v) is 2.28. The maximum atomic E-state index is 6.07. The van der Waals surface area contributed by atoms with Crippen LogP contribution in [0, 0.1) is 0 Å². The normalized spacial score (nSPS) is 22.4. The highest BCUT2D eigenvalue weighted by atomic mass is 35.5. The van der Waals surface area contributed by atoms with Crippen LogP contribution in [0.3, 0.4) is 0 Å². The van der Waals surface area contributed by atoms with Crippen LogP contribution in [0.25, 0.3) is 0 Å². The number of hydrogen-bond donors (Lipinski definition) is 1. The molecule has 2 rings (SSSR count). The van der Waals surface area contributed by atoms with E-state index >= 15 is 0 Å². The van der Waals surface area contributed by atoms with Crippen LogP contribution in [0.1, 0.15) is 39.0 Å². The Labute approximate surface area is 121 Å². The number of rotatable bonds is 5. The van der Waals surface area contributed by atoms with Gasteiger partial charge in [-0.1, -0.05) is 13.3 Å². The highest BCUT2D eigenvalue weighted by molar-refractivity contribution is 5.85. The molecule has 1 aromatic carbocycles. The topological polar surface area (TPSA) is 44.5 Å². The third-order valence-electron chi connectivity index (χ3n) is 3.34. The molecule has 0 bridgehead atoms. The van der Waals surface area contributed by atoms with Crippen molar-refractivity contribution in [2.75, 3.05) is 6.61 Å². The Balaban J connectivity index is 0.00000180. The molecule has 2 atom stereocenters. The molecule has 3 nitrogen and oxygen atoms in total. The van der Waals surface area contributed by atoms with Crippen LogP contribution in [-0.2, 0) is 0 Å². The summed E-state index contributed by atoms with van der Waals surface area (Å²) in [4.78, 5) is 0. The van der Waals surface area contributed by atoms with Gasteiger partial charge in [0, 0.05) is 6.04 Å². The Hall–Kier alpha value is -0.930. The monoisotopic (exact) mass is 285 g/mol. The highest BCUT2D eigenvalue weighted by Gasteiger charge is 2.23. The molecule has 0 radical (unpaired) electrons. The van der Waals surface area contributed by atoms with Gasteiger partial charge in [-0.25, -0.2) is 0 Å². The molecule has 2 N–H and O–H groups in total. The molecular formula is C15H24ClNO2. The van der Waals surface area contributed by atoms with E-state index in [4.69, 9.17) is 15.2 Å². The summed E-state index contributed by atoms with van der Waals surface area (Å²) >= 11 is 0. The molecule has 0 aromatic heterocycles. The van der Waals surface area contributed by atoms with Crippen LogP contribution in [0.5, 0.6) is 11.5 Å². The minimum absolute atomic E-state index is 0. The standard InChI is InChI=1S/C15H23NO2.ClH/c1-2-11-17-12-7-9-13(10-8-12)18-15-6-4-3-5-14(15)16;/h7-10,14-15H,2-6,11,16H2,1H3;1H. The van der Waals surface area contributed by atoms with Gasteiger partial charge < -0.3 is 15.2 Å². The first-order chi connectivity index (χ1) is 8.79. The molecular weight excluding hydrogens is 262 g/mol. The summed E-state index contributed by atoms with van der Waals surface area (Å²) in [5, 5.41) is 0. The summed E-state index contributed by atoms with van der Waals surface area (Å²) in [7, 11) is 0. The first-order valence-electron chi connectivity index (χ1n) is 6.94. The van der Waals surface area contributed by atoms with Gasteiger partial charge in [0.25, 0.3) is 0 Å². The van der Waals surface area contributed by atoms with Gasteiger partial charge in [-0.15, -0.1) is 12.4 Å². The maximum Gasteiger partial charge on any atom is 0.120 e. The molecule has 1 fully saturated rings. The molecule has 0 saturated heterocycles. The van der Waals surface area contributed by atoms with E-state index in [1.807, 2.05) is 24.3 Å². The van der Waals surface area contributed by atoms with Crippen molar-refractivity contribution in [2.45, 2.75) is 51.2 Å². The zero-order valence-corrected chi connectivity index (χ0v) is 12.3. The average molecular weight is 286 g/mol. The van der Waals surface area contributed by atoms with E-state index in [1.165, 1.54) is 12.8 Å². The lowest BCUT2D eigenvalue weighted by molar-refractivity contribution is 0.132. The lowest BCUT2D eigenvalue weighted by Crippen LogP contribution is -2.41. The highest BCUT2D eigenvalue weighted by Crippen LogP contribution is 2.24. The first-order valence-corrected chi connectivity index (χ1v) is 6.94. The van der Waals surface area contributed by atoms with Gasteiger partial charge in [0.05, 0.1) is 6.61 Å². The number of benzene rings is 1. The summed E-state index contributed by atoms with van der Waals surface area (Å²) < 4.78 is 11.5. The summed E-state index contributed by atoms with van der Waals surface area (Å²) in [6.45, 7) is 2.86. The molecule has 0 aliphatic heterocycles. The van der Waals surface area contributed by atoms with Crippen molar-refractivity contribution in [3.63, 3.8) is 0 Å². The minimum Gasteiger partial charge on any atom is -0.494 e. The van der Waals surface area contributed by atoms with E-state index in [-0.39, 0.29) is 24.6 Å². The van der Waals surface area contributed by atoms with Gasteiger partial charge in [0.15, 0.2) is 0 Å². The molecule has 2 unspecified atom stereocenters. The van der Waals surface area contributed by atoms with Crippen molar-refractivity contribution in [3.8, 4) is 11.5 Å². The third-order valence-corrected chi connectivity index (χ3v) is 3.34. The molecule has 1 aliphatic carbocycles. The number of hydrogen-bond acceptors (Lipinski definition) is 3. The van der Waals surface area contributed by atoms with Gasteiger partial charge in [-0.05, 0) is 49.9 Å². The lowest BCUT2D eigenvalue weighted by Gasteiger charge is -2.29. The van der Waals surface area contributed by atoms with E-state index in [0.29, 0.717) is 0 Å². The molecule has 1 aromatic rings. The predicted molar refractivity (Wildman–Crippen MR) is 80.3 cm³/mol. The van der Waals surface area contributed by atoms with Crippen LogP contribution < -0.4 is 15.2 Å². The van der Waals surface area contributed by atoms with Gasteiger partial charge in [0.1, 0.15) is 17.6 Å². The number of ether oxygens (including phenoxy) is 2. The van der Waals surface area contributed by atoms with Crippen molar-refractivity contribution in [1.29, 1.82) is 0 Å². The van der Waals surface area contributed by atoms with Gasteiger partial charge >= 0.3 is 0 Å². The largest absolute Gasteiger partial charge is 0.494 e. The molecule has 4 heteroatoms. The van der Waals surface area contributed by atoms with E-state index in [1.54, 1.807) is 0 Å². The molecule has 0 amide bonds. The van der Waals surface area contributed by atoms with E-state index in [2.05, 4.69) is 6.92 Å². The van der Waals surface area contributed by atoms with Gasteiger partial charge in [0.2, 0.25) is 0 Å². The summed E-state index contributed by atoms with van der Waals surface area (Å²) in [5.41, 5.74) is 6.07. The van der Waals surface area contributed by atoms with Crippen LogP contribution >= 0.6 is 12.4 Å². The Morgan fingerprint density at radius 1 is 1.11 bits per heavy atom. The van der Waals surface area contributed by atoms with Gasteiger partial charge in [-0.3, -0.25) is 0 Å². The van der Waals surface area contributed by atoms with Crippen molar-refractivity contribution in [2.24, 2.45) is 5.73 Å². The van der Waals surface area contributed by atoms with Crippen LogP contribution in [0.4, 0.5) is 0 Å². The summed E-state index contributed by atoms with van der Waals surface area (Å²) in [6.07, 6.45) is 5.77. The van der Waals surface area contributed by atoms with Crippen LogP contribution in [0.2, 0.25) is 0 Å². The SMILES string of the molecule is CCCOc1ccc(OC2CCCCC2N)cc1.Cl. The van der Waals surface area contributed by atoms with Crippen molar-refractivity contribution in [1.82, 2.24) is 0 Å². The Morgan fingerprint density at radius 2 is 1.74 bits per heavy atom. The van der Waals surface area contributed by atoms with Crippen molar-refractivity contribution < 1.29 is 9.47 Å². The minimum atomic E-state index is 0. The molecule has 108 valence electrons. The fraction of sp³-hybridized carbons (Fsp3) is 0.600. The molecule has 0 spiro atoms. The second-order valence-corrected chi connectivity index (χ2v) is 4.92. The quantitative estimate of drug-likeness (QED) is 0.900. The molecule has 0 heterocycles. The summed E-state index contributed by atoms with van der Waals surface area (Å²) in [6, 6.07) is 8.02. The van der Waals surface area contributed by atoms with Crippen LogP contribution in [0.15, 0.2) is 24.3 Å². The average Bonchev–Trinajstić information content (AvgIpc) is 2.41. The van der Waals surface area contributed by atoms with E-state index in [9.17, 15) is 0 Å². The zero-order valence-electron chi connectivity index (χ0n) is 11.5. The van der Waals surface area contributed by atoms with E-state index in [0.717, 1.165) is 37.4 Å². The second kappa shape index (κ2) is 8.28. The Bertz CT molecular complexity index is 356. The number of nitrogens with two attached hydrogens (primary N) is 1. The van der Waals surface area contributed by atoms with Gasteiger partial charge in [-0.2, -0.15) is 0 Å². The molecule has 19 heavy (non-hydrogen) atoms. The van der Waals surface area contributed by atoms with Crippen molar-refractivity contribution >= 4 is 12.4 Å². The maximum absolute atomic E-state index is 6.07. The Morgan fingerprint density at radius 3 is 2.37 bits per heavy atom. The Kier molecular flexibility index (Phi) is 7.03. The predicted octanol–water partition coefficient (Wildman–Crippen LogP) is 3.55. The first kappa shape index (κ1) is 16.1. The third kappa shape index (κ3) is 4.92. The van der Waals surface area contributed by atoms with Crippen molar-refractivity contribution in [3.05, 3.63) is 24.3 Å². The second-order valence-electron chi connectivity index (χ2n) is 4.92. The zero-order chi connectivity index (χ0) is 12.8. The lowest BCUT2D eigenvalue weighted by atomic mass is 9.93. The molecule has 1 aliphatic rings. The smallest absolute Gasteiger partial charge is 0.120 e. The number of halogens is 1. The summed E-state index contributed by atoms with van der Waals surface area (Å²) in [5.74, 6) is 1.79.